The van der Waals surface area contributed by atoms with Crippen LogP contribution < -0.4 is 0 Å². The maximum atomic E-state index is 12.0. The van der Waals surface area contributed by atoms with Gasteiger partial charge in [-0.1, -0.05) is 19.3 Å². The lowest BCUT2D eigenvalue weighted by molar-refractivity contribution is -0.136. The summed E-state index contributed by atoms with van der Waals surface area (Å²) in [5.74, 6) is -0.697. The van der Waals surface area contributed by atoms with E-state index in [1.54, 1.807) is 7.05 Å². The van der Waals surface area contributed by atoms with E-state index in [0.717, 1.165) is 32.1 Å². The molecule has 1 fully saturated rings. The smallest absolute Gasteiger partial charge is 0.305 e. The normalized spacial score (nSPS) is 16.4. The van der Waals surface area contributed by atoms with Crippen molar-refractivity contribution in [3.63, 3.8) is 0 Å². The van der Waals surface area contributed by atoms with Crippen molar-refractivity contribution in [3.8, 4) is 18.2 Å². The van der Waals surface area contributed by atoms with Gasteiger partial charge in [-0.3, -0.25) is 4.79 Å². The van der Waals surface area contributed by atoms with Gasteiger partial charge in [0.1, 0.15) is 18.2 Å². The highest BCUT2D eigenvalue weighted by atomic mass is 16.2. The molecular weight excluding hydrogens is 216 g/mol. The van der Waals surface area contributed by atoms with Gasteiger partial charge in [-0.05, 0) is 12.8 Å². The van der Waals surface area contributed by atoms with E-state index in [9.17, 15) is 4.79 Å². The molecule has 0 atom stereocenters. The third kappa shape index (κ3) is 2.37. The van der Waals surface area contributed by atoms with Gasteiger partial charge in [0.05, 0.1) is 0 Å². The zero-order valence-electron chi connectivity index (χ0n) is 9.81. The zero-order chi connectivity index (χ0) is 12.9. The molecule has 0 aromatic carbocycles. The van der Waals surface area contributed by atoms with Crippen LogP contribution in [0.3, 0.4) is 0 Å². The fraction of sp³-hybridized carbons (Fsp3) is 0.667. The minimum atomic E-state index is -2.19. The summed E-state index contributed by atoms with van der Waals surface area (Å²) in [5, 5.41) is 26.6. The Morgan fingerprint density at radius 3 is 2.00 bits per heavy atom. The highest BCUT2D eigenvalue weighted by Gasteiger charge is 2.43. The van der Waals surface area contributed by atoms with Crippen LogP contribution in [0, 0.1) is 39.4 Å². The molecule has 0 aromatic rings. The Bertz CT molecular complexity index is 381. The Hall–Kier alpha value is -2.06. The summed E-state index contributed by atoms with van der Waals surface area (Å²) in [7, 11) is 1.57. The van der Waals surface area contributed by atoms with Gasteiger partial charge in [0.25, 0.3) is 5.91 Å². The van der Waals surface area contributed by atoms with Gasteiger partial charge < -0.3 is 4.90 Å². The van der Waals surface area contributed by atoms with E-state index in [0.29, 0.717) is 0 Å². The van der Waals surface area contributed by atoms with Gasteiger partial charge in [0, 0.05) is 13.1 Å². The molecule has 5 nitrogen and oxygen atoms in total. The number of carbonyl (C=O) groups is 1. The predicted octanol–water partition coefficient (Wildman–Crippen LogP) is 1.33. The van der Waals surface area contributed by atoms with Crippen LogP contribution in [-0.4, -0.2) is 23.9 Å². The summed E-state index contributed by atoms with van der Waals surface area (Å²) < 4.78 is 0. The molecule has 88 valence electrons. The number of nitriles is 3. The van der Waals surface area contributed by atoms with Crippen molar-refractivity contribution in [2.75, 3.05) is 7.05 Å². The van der Waals surface area contributed by atoms with E-state index in [-0.39, 0.29) is 6.04 Å². The summed E-state index contributed by atoms with van der Waals surface area (Å²) in [5.41, 5.74) is -2.19. The highest BCUT2D eigenvalue weighted by molar-refractivity contribution is 5.91. The Kier molecular flexibility index (Phi) is 4.07. The molecule has 5 heteroatoms. The van der Waals surface area contributed by atoms with Crippen LogP contribution in [0.2, 0.25) is 0 Å². The second-order valence-electron chi connectivity index (χ2n) is 4.29. The molecule has 0 heterocycles. The number of rotatable bonds is 2. The van der Waals surface area contributed by atoms with Gasteiger partial charge in [-0.25, -0.2) is 0 Å². The first-order chi connectivity index (χ1) is 8.11. The first-order valence-electron chi connectivity index (χ1n) is 5.62. The van der Waals surface area contributed by atoms with Crippen molar-refractivity contribution in [1.82, 2.24) is 4.90 Å². The highest BCUT2D eigenvalue weighted by Crippen LogP contribution is 2.25. The standard InChI is InChI=1S/C12H14N4O/c1-16(10-5-3-2-4-6-10)11(17)12(7-13,8-14)9-15/h10H,2-6H2,1H3. The Balaban J connectivity index is 2.86. The van der Waals surface area contributed by atoms with Crippen LogP contribution in [0.15, 0.2) is 0 Å². The van der Waals surface area contributed by atoms with Crippen molar-refractivity contribution in [3.05, 3.63) is 0 Å². The van der Waals surface area contributed by atoms with E-state index < -0.39 is 11.3 Å². The molecule has 0 spiro atoms. The van der Waals surface area contributed by atoms with E-state index in [2.05, 4.69) is 0 Å². The van der Waals surface area contributed by atoms with E-state index in [1.165, 1.54) is 23.1 Å². The van der Waals surface area contributed by atoms with Crippen molar-refractivity contribution >= 4 is 5.91 Å². The van der Waals surface area contributed by atoms with E-state index in [4.69, 9.17) is 15.8 Å². The monoisotopic (exact) mass is 230 g/mol. The van der Waals surface area contributed by atoms with E-state index in [1.807, 2.05) is 0 Å². The number of amides is 1. The van der Waals surface area contributed by atoms with Crippen molar-refractivity contribution in [1.29, 1.82) is 15.8 Å². The Morgan fingerprint density at radius 1 is 1.12 bits per heavy atom. The number of hydrogen-bond donors (Lipinski definition) is 0. The molecule has 0 bridgehead atoms. The Morgan fingerprint density at radius 2 is 1.59 bits per heavy atom. The van der Waals surface area contributed by atoms with Crippen molar-refractivity contribution in [2.45, 2.75) is 38.1 Å². The van der Waals surface area contributed by atoms with Gasteiger partial charge in [-0.2, -0.15) is 15.8 Å². The van der Waals surface area contributed by atoms with Gasteiger partial charge in [0.2, 0.25) is 0 Å². The minimum absolute atomic E-state index is 0.0469. The molecule has 0 aliphatic heterocycles. The molecule has 0 aromatic heterocycles. The van der Waals surface area contributed by atoms with Crippen LogP contribution >= 0.6 is 0 Å². The SMILES string of the molecule is CN(C(=O)C(C#N)(C#N)C#N)C1CCCCC1. The molecule has 1 aliphatic rings. The summed E-state index contributed by atoms with van der Waals surface area (Å²) in [6.07, 6.45) is 4.99. The molecule has 0 radical (unpaired) electrons. The number of hydrogen-bond acceptors (Lipinski definition) is 4. The third-order valence-corrected chi connectivity index (χ3v) is 3.27. The summed E-state index contributed by atoms with van der Waals surface area (Å²) in [6, 6.07) is 4.61. The lowest BCUT2D eigenvalue weighted by Gasteiger charge is -2.32. The van der Waals surface area contributed by atoms with Crippen LogP contribution in [0.5, 0.6) is 0 Å². The van der Waals surface area contributed by atoms with Gasteiger partial charge in [0.15, 0.2) is 0 Å². The lowest BCUT2D eigenvalue weighted by atomic mass is 9.89. The Labute approximate surface area is 101 Å². The van der Waals surface area contributed by atoms with Crippen LogP contribution in [-0.2, 0) is 4.79 Å². The van der Waals surface area contributed by atoms with Crippen LogP contribution in [0.4, 0.5) is 0 Å². The maximum absolute atomic E-state index is 12.0. The fourth-order valence-corrected chi connectivity index (χ4v) is 2.12. The lowest BCUT2D eigenvalue weighted by Crippen LogP contribution is -2.45. The molecule has 0 N–H and O–H groups in total. The van der Waals surface area contributed by atoms with Crippen LogP contribution in [0.1, 0.15) is 32.1 Å². The van der Waals surface area contributed by atoms with Gasteiger partial charge in [-0.15, -0.1) is 0 Å². The molecule has 1 aliphatic carbocycles. The quantitative estimate of drug-likeness (QED) is 0.715. The molecule has 17 heavy (non-hydrogen) atoms. The number of carbonyl (C=O) groups excluding carboxylic acids is 1. The fourth-order valence-electron chi connectivity index (χ4n) is 2.12. The van der Waals surface area contributed by atoms with Crippen molar-refractivity contribution in [2.24, 2.45) is 5.41 Å². The molecule has 1 amide bonds. The molecule has 1 rings (SSSR count). The second kappa shape index (κ2) is 5.32. The predicted molar refractivity (Wildman–Crippen MR) is 58.9 cm³/mol. The van der Waals surface area contributed by atoms with Crippen LogP contribution in [0.25, 0.3) is 0 Å². The zero-order valence-corrected chi connectivity index (χ0v) is 9.81. The summed E-state index contributed by atoms with van der Waals surface area (Å²) in [4.78, 5) is 13.4. The average Bonchev–Trinajstić information content (AvgIpc) is 2.41. The topological polar surface area (TPSA) is 91.7 Å². The molecule has 0 saturated heterocycles. The largest absolute Gasteiger partial charge is 0.340 e. The summed E-state index contributed by atoms with van der Waals surface area (Å²) in [6.45, 7) is 0. The first kappa shape index (κ1) is 13.0. The minimum Gasteiger partial charge on any atom is -0.340 e. The molecule has 1 saturated carbocycles. The third-order valence-electron chi connectivity index (χ3n) is 3.27. The van der Waals surface area contributed by atoms with Crippen molar-refractivity contribution < 1.29 is 4.79 Å². The molecular formula is C12H14N4O. The van der Waals surface area contributed by atoms with Gasteiger partial charge >= 0.3 is 5.41 Å². The average molecular weight is 230 g/mol. The first-order valence-corrected chi connectivity index (χ1v) is 5.62. The number of nitrogens with zero attached hydrogens (tertiary/aromatic N) is 4. The summed E-state index contributed by atoms with van der Waals surface area (Å²) >= 11 is 0. The second-order valence-corrected chi connectivity index (χ2v) is 4.29. The maximum Gasteiger partial charge on any atom is 0.305 e. The molecule has 0 unspecified atom stereocenters. The van der Waals surface area contributed by atoms with E-state index >= 15 is 0 Å².